The third-order valence-electron chi connectivity index (χ3n) is 6.23. The number of hydrogen-bond acceptors (Lipinski definition) is 9. The highest BCUT2D eigenvalue weighted by Gasteiger charge is 2.28. The molecule has 0 aliphatic heterocycles. The van der Waals surface area contributed by atoms with Crippen LogP contribution in [0.3, 0.4) is 0 Å². The van der Waals surface area contributed by atoms with Crippen LogP contribution in [-0.2, 0) is 26.1 Å². The van der Waals surface area contributed by atoms with Crippen LogP contribution < -0.4 is 10.9 Å². The number of anilines is 1. The molecular formula is C30H28N2O8S. The highest BCUT2D eigenvalue weighted by Crippen LogP contribution is 2.35. The number of ether oxygens (including phenoxy) is 3. The Morgan fingerprint density at radius 3 is 2.10 bits per heavy atom. The molecule has 0 bridgehead atoms. The fourth-order valence-corrected chi connectivity index (χ4v) is 5.51. The fraction of sp³-hybridized carbons (Fsp3) is 0.233. The smallest absolute Gasteiger partial charge is 0.356 e. The lowest BCUT2D eigenvalue weighted by atomic mass is 9.97. The number of pyridine rings is 1. The van der Waals surface area contributed by atoms with E-state index in [0.717, 1.165) is 11.3 Å². The molecule has 0 saturated heterocycles. The van der Waals surface area contributed by atoms with Crippen molar-refractivity contribution in [3.63, 3.8) is 0 Å². The number of carbonyl (C=O) groups is 4. The predicted molar refractivity (Wildman–Crippen MR) is 155 cm³/mol. The summed E-state index contributed by atoms with van der Waals surface area (Å²) in [5.74, 6) is -3.00. The molecule has 212 valence electrons. The van der Waals surface area contributed by atoms with Crippen molar-refractivity contribution in [3.8, 4) is 11.1 Å². The summed E-state index contributed by atoms with van der Waals surface area (Å²) in [6, 6.07) is 16.0. The van der Waals surface area contributed by atoms with E-state index in [2.05, 4.69) is 5.32 Å². The quantitative estimate of drug-likeness (QED) is 0.224. The van der Waals surface area contributed by atoms with Gasteiger partial charge < -0.3 is 24.1 Å². The Morgan fingerprint density at radius 1 is 0.829 bits per heavy atom. The van der Waals surface area contributed by atoms with Crippen molar-refractivity contribution in [2.24, 2.45) is 7.05 Å². The van der Waals surface area contributed by atoms with Crippen LogP contribution in [0, 0.1) is 6.92 Å². The molecule has 2 aromatic heterocycles. The second-order valence-corrected chi connectivity index (χ2v) is 9.85. The van der Waals surface area contributed by atoms with Gasteiger partial charge in [0.05, 0.1) is 18.8 Å². The van der Waals surface area contributed by atoms with Gasteiger partial charge in [0.1, 0.15) is 15.6 Å². The first kappa shape index (κ1) is 29.2. The molecule has 4 aromatic rings. The van der Waals surface area contributed by atoms with Crippen LogP contribution in [0.2, 0.25) is 0 Å². The molecule has 2 aromatic carbocycles. The van der Waals surface area contributed by atoms with Gasteiger partial charge in [0.25, 0.3) is 11.5 Å². The molecule has 4 rings (SSSR count). The van der Waals surface area contributed by atoms with Gasteiger partial charge in [0.15, 0.2) is 6.61 Å². The molecule has 0 saturated carbocycles. The second kappa shape index (κ2) is 12.6. The number of thiophene rings is 1. The van der Waals surface area contributed by atoms with Gasteiger partial charge in [0, 0.05) is 18.0 Å². The van der Waals surface area contributed by atoms with E-state index in [1.54, 1.807) is 45.0 Å². The molecule has 2 heterocycles. The summed E-state index contributed by atoms with van der Waals surface area (Å²) in [7, 11) is 1.47. The molecule has 0 aliphatic carbocycles. The van der Waals surface area contributed by atoms with E-state index in [9.17, 15) is 24.0 Å². The Labute approximate surface area is 239 Å². The number of fused-ring (bicyclic) bond motifs is 1. The van der Waals surface area contributed by atoms with Gasteiger partial charge in [-0.25, -0.2) is 14.4 Å². The molecule has 0 unspecified atom stereocenters. The monoisotopic (exact) mass is 576 g/mol. The first-order valence-electron chi connectivity index (χ1n) is 12.8. The van der Waals surface area contributed by atoms with Gasteiger partial charge in [-0.15, -0.1) is 11.3 Å². The van der Waals surface area contributed by atoms with Crippen molar-refractivity contribution in [3.05, 3.63) is 86.6 Å². The Balaban J connectivity index is 1.64. The number of benzene rings is 2. The van der Waals surface area contributed by atoms with Gasteiger partial charge in [0.2, 0.25) is 0 Å². The SMILES string of the molecule is CCOC(=O)c1sc(NC(=O)COC(=O)c2c(-c3ccccc3)c3ccccc3c(=O)n2C)c(C(=O)OCC)c1C. The molecule has 1 amide bonds. The summed E-state index contributed by atoms with van der Waals surface area (Å²) >= 11 is 0.860. The van der Waals surface area contributed by atoms with E-state index in [0.29, 0.717) is 27.5 Å². The minimum atomic E-state index is -0.885. The summed E-state index contributed by atoms with van der Waals surface area (Å²) in [5.41, 5.74) is 1.09. The topological polar surface area (TPSA) is 130 Å². The molecule has 0 radical (unpaired) electrons. The van der Waals surface area contributed by atoms with E-state index < -0.39 is 36.0 Å². The van der Waals surface area contributed by atoms with Crippen molar-refractivity contribution in [1.82, 2.24) is 4.57 Å². The Hall–Kier alpha value is -4.77. The number of esters is 3. The second-order valence-electron chi connectivity index (χ2n) is 8.82. The van der Waals surface area contributed by atoms with Crippen molar-refractivity contribution in [1.29, 1.82) is 0 Å². The standard InChI is InChI=1S/C30H28N2O8S/c1-5-38-28(35)22-17(3)25(30(37)39-6-2)41-26(22)31-21(33)16-40-29(36)24-23(18-12-8-7-9-13-18)19-14-10-11-15-20(19)27(34)32(24)4/h7-15H,5-6,16H2,1-4H3,(H,31,33). The number of amides is 1. The van der Waals surface area contributed by atoms with Gasteiger partial charge in [-0.3, -0.25) is 9.59 Å². The molecule has 0 spiro atoms. The molecule has 0 aliphatic rings. The van der Waals surface area contributed by atoms with Crippen molar-refractivity contribution in [2.45, 2.75) is 20.8 Å². The van der Waals surface area contributed by atoms with Crippen LogP contribution in [0.4, 0.5) is 5.00 Å². The number of hydrogen-bond donors (Lipinski definition) is 1. The zero-order valence-electron chi connectivity index (χ0n) is 22.9. The molecule has 41 heavy (non-hydrogen) atoms. The summed E-state index contributed by atoms with van der Waals surface area (Å²) < 4.78 is 16.7. The summed E-state index contributed by atoms with van der Waals surface area (Å²) in [6.45, 7) is 4.33. The highest BCUT2D eigenvalue weighted by molar-refractivity contribution is 7.18. The molecule has 0 fully saturated rings. The maximum Gasteiger partial charge on any atom is 0.356 e. The van der Waals surface area contributed by atoms with Crippen LogP contribution in [0.25, 0.3) is 21.9 Å². The number of carbonyl (C=O) groups excluding carboxylic acids is 4. The van der Waals surface area contributed by atoms with Gasteiger partial charge in [-0.1, -0.05) is 48.5 Å². The normalized spacial score (nSPS) is 10.7. The van der Waals surface area contributed by atoms with Crippen LogP contribution >= 0.6 is 11.3 Å². The average Bonchev–Trinajstić information content (AvgIpc) is 3.29. The lowest BCUT2D eigenvalue weighted by Crippen LogP contribution is -2.28. The molecule has 10 nitrogen and oxygen atoms in total. The Kier molecular flexibility index (Phi) is 8.98. The first-order valence-corrected chi connectivity index (χ1v) is 13.6. The number of nitrogens with one attached hydrogen (secondary N) is 1. The molecule has 1 N–H and O–H groups in total. The summed E-state index contributed by atoms with van der Waals surface area (Å²) in [5, 5.41) is 3.60. The van der Waals surface area contributed by atoms with Crippen molar-refractivity contribution >= 4 is 50.9 Å². The van der Waals surface area contributed by atoms with Crippen LogP contribution in [-0.4, -0.2) is 48.2 Å². The van der Waals surface area contributed by atoms with Gasteiger partial charge in [-0.2, -0.15) is 0 Å². The average molecular weight is 577 g/mol. The van der Waals surface area contributed by atoms with Crippen molar-refractivity contribution < 1.29 is 33.4 Å². The van der Waals surface area contributed by atoms with Crippen molar-refractivity contribution in [2.75, 3.05) is 25.1 Å². The zero-order chi connectivity index (χ0) is 29.7. The van der Waals surface area contributed by atoms with Crippen LogP contribution in [0.5, 0.6) is 0 Å². The third-order valence-corrected chi connectivity index (χ3v) is 7.42. The minimum absolute atomic E-state index is 0.0165. The van der Waals surface area contributed by atoms with E-state index in [-0.39, 0.29) is 34.3 Å². The van der Waals surface area contributed by atoms with Gasteiger partial charge >= 0.3 is 17.9 Å². The van der Waals surface area contributed by atoms with E-state index in [1.807, 2.05) is 30.3 Å². The Bertz CT molecular complexity index is 1710. The maximum absolute atomic E-state index is 13.4. The fourth-order valence-electron chi connectivity index (χ4n) is 4.41. The summed E-state index contributed by atoms with van der Waals surface area (Å²) in [4.78, 5) is 64.6. The largest absolute Gasteiger partial charge is 0.462 e. The van der Waals surface area contributed by atoms with Crippen LogP contribution in [0.15, 0.2) is 59.4 Å². The minimum Gasteiger partial charge on any atom is -0.462 e. The third kappa shape index (κ3) is 5.90. The van der Waals surface area contributed by atoms with Crippen LogP contribution in [0.1, 0.15) is 49.9 Å². The molecule has 11 heteroatoms. The number of rotatable bonds is 9. The lowest BCUT2D eigenvalue weighted by molar-refractivity contribution is -0.119. The number of nitrogens with zero attached hydrogens (tertiary/aromatic N) is 1. The molecule has 0 atom stereocenters. The number of aromatic nitrogens is 1. The predicted octanol–water partition coefficient (Wildman–Crippen LogP) is 4.72. The Morgan fingerprint density at radius 2 is 1.44 bits per heavy atom. The van der Waals surface area contributed by atoms with Gasteiger partial charge in [-0.05, 0) is 43.4 Å². The van der Waals surface area contributed by atoms with E-state index >= 15 is 0 Å². The zero-order valence-corrected chi connectivity index (χ0v) is 23.8. The molecular weight excluding hydrogens is 548 g/mol. The van der Waals surface area contributed by atoms with E-state index in [1.165, 1.54) is 11.6 Å². The summed E-state index contributed by atoms with van der Waals surface area (Å²) in [6.07, 6.45) is 0. The maximum atomic E-state index is 13.4. The highest BCUT2D eigenvalue weighted by atomic mass is 32.1. The lowest BCUT2D eigenvalue weighted by Gasteiger charge is -2.16. The van der Waals surface area contributed by atoms with E-state index in [4.69, 9.17) is 14.2 Å². The first-order chi connectivity index (χ1) is 19.7.